The Bertz CT molecular complexity index is 757. The zero-order valence-corrected chi connectivity index (χ0v) is 23.3. The van der Waals surface area contributed by atoms with Crippen LogP contribution in [0.3, 0.4) is 0 Å². The molecule has 1 atom stereocenters. The second kappa shape index (κ2) is 15.2. The number of benzene rings is 1. The van der Waals surface area contributed by atoms with Gasteiger partial charge >= 0.3 is 11.9 Å². The van der Waals surface area contributed by atoms with Gasteiger partial charge in [0.05, 0.1) is 5.92 Å². The SMILES string of the molecule is CC(C)c1ccccc1C(CCCCC(C)(C)C)C(=O)OOOOC(=O)CCCCCC(C)(C)C. The Morgan fingerprint density at radius 3 is 1.86 bits per heavy atom. The van der Waals surface area contributed by atoms with Gasteiger partial charge < -0.3 is 0 Å². The van der Waals surface area contributed by atoms with Gasteiger partial charge in [0.25, 0.3) is 0 Å². The van der Waals surface area contributed by atoms with Crippen LogP contribution in [-0.4, -0.2) is 11.9 Å². The van der Waals surface area contributed by atoms with E-state index in [0.29, 0.717) is 18.3 Å². The number of carbonyl (C=O) groups is 2. The summed E-state index contributed by atoms with van der Waals surface area (Å²) in [6, 6.07) is 7.90. The molecule has 0 N–H and O–H groups in total. The van der Waals surface area contributed by atoms with E-state index in [1.165, 1.54) is 0 Å². The lowest BCUT2D eigenvalue weighted by molar-refractivity contribution is -0.600. The Morgan fingerprint density at radius 1 is 0.743 bits per heavy atom. The summed E-state index contributed by atoms with van der Waals surface area (Å²) in [5, 5.41) is 8.93. The predicted octanol–water partition coefficient (Wildman–Crippen LogP) is 8.36. The van der Waals surface area contributed by atoms with Gasteiger partial charge in [0.15, 0.2) is 0 Å². The monoisotopic (exact) mass is 492 g/mol. The van der Waals surface area contributed by atoms with Crippen molar-refractivity contribution in [2.24, 2.45) is 10.8 Å². The molecule has 0 aliphatic carbocycles. The first-order chi connectivity index (χ1) is 16.3. The van der Waals surface area contributed by atoms with Crippen molar-refractivity contribution < 1.29 is 29.4 Å². The average Bonchev–Trinajstić information content (AvgIpc) is 2.74. The van der Waals surface area contributed by atoms with Gasteiger partial charge in [-0.1, -0.05) is 105 Å². The molecule has 0 amide bonds. The van der Waals surface area contributed by atoms with Crippen LogP contribution in [0.2, 0.25) is 0 Å². The maximum absolute atomic E-state index is 12.9. The van der Waals surface area contributed by atoms with Gasteiger partial charge in [-0.3, -0.25) is 9.78 Å². The molecule has 0 aliphatic rings. The van der Waals surface area contributed by atoms with Gasteiger partial charge in [0.1, 0.15) is 0 Å². The second-order valence-electron chi connectivity index (χ2n) is 12.3. The van der Waals surface area contributed by atoms with Crippen molar-refractivity contribution in [1.29, 1.82) is 0 Å². The summed E-state index contributed by atoms with van der Waals surface area (Å²) in [5.41, 5.74) is 2.57. The lowest BCUT2D eigenvalue weighted by Gasteiger charge is -2.21. The minimum atomic E-state index is -0.563. The van der Waals surface area contributed by atoms with Crippen LogP contribution in [0.15, 0.2) is 24.3 Å². The molecule has 200 valence electrons. The summed E-state index contributed by atoms with van der Waals surface area (Å²) in [7, 11) is 0. The van der Waals surface area contributed by atoms with E-state index in [0.717, 1.165) is 49.7 Å². The van der Waals surface area contributed by atoms with E-state index < -0.39 is 17.9 Å². The quantitative estimate of drug-likeness (QED) is 0.139. The standard InChI is InChI=1S/C29H48O6/c1-22(2)23-16-11-12-17-24(23)25(18-13-15-21-29(6,7)8)27(31)33-35-34-32-26(30)19-10-9-14-20-28(3,4)5/h11-12,16-17,22,25H,9-10,13-15,18-21H2,1-8H3. The zero-order valence-electron chi connectivity index (χ0n) is 23.3. The van der Waals surface area contributed by atoms with Crippen LogP contribution in [0.5, 0.6) is 0 Å². The van der Waals surface area contributed by atoms with Crippen molar-refractivity contribution in [2.45, 2.75) is 125 Å². The maximum Gasteiger partial charge on any atom is 0.353 e. The lowest BCUT2D eigenvalue weighted by Crippen LogP contribution is -2.19. The van der Waals surface area contributed by atoms with Crippen molar-refractivity contribution in [2.75, 3.05) is 0 Å². The summed E-state index contributed by atoms with van der Waals surface area (Å²) in [6.07, 6.45) is 7.64. The smallest absolute Gasteiger partial charge is 0.266 e. The van der Waals surface area contributed by atoms with Crippen LogP contribution in [0.4, 0.5) is 0 Å². The molecule has 1 unspecified atom stereocenters. The summed E-state index contributed by atoms with van der Waals surface area (Å²) in [6.45, 7) is 17.4. The van der Waals surface area contributed by atoms with Crippen LogP contribution in [0.1, 0.15) is 136 Å². The molecule has 0 radical (unpaired) electrons. The zero-order chi connectivity index (χ0) is 26.5. The summed E-state index contributed by atoms with van der Waals surface area (Å²) in [5.74, 6) is -1.35. The van der Waals surface area contributed by atoms with E-state index >= 15 is 0 Å². The van der Waals surface area contributed by atoms with Gasteiger partial charge in [-0.05, 0) is 53.6 Å². The second-order valence-corrected chi connectivity index (χ2v) is 12.3. The van der Waals surface area contributed by atoms with E-state index in [4.69, 9.17) is 4.89 Å². The molecule has 0 spiro atoms. The van der Waals surface area contributed by atoms with E-state index in [-0.39, 0.29) is 17.8 Å². The van der Waals surface area contributed by atoms with Gasteiger partial charge in [0.2, 0.25) is 0 Å². The van der Waals surface area contributed by atoms with Gasteiger partial charge in [-0.2, -0.15) is 0 Å². The Kier molecular flexibility index (Phi) is 13.6. The van der Waals surface area contributed by atoms with E-state index in [1.807, 2.05) is 24.3 Å². The highest BCUT2D eigenvalue weighted by Gasteiger charge is 2.27. The fraction of sp³-hybridized carbons (Fsp3) is 0.724. The molecule has 6 heteroatoms. The number of hydrogen-bond acceptors (Lipinski definition) is 6. The Balaban J connectivity index is 2.55. The van der Waals surface area contributed by atoms with Gasteiger partial charge in [-0.15, -0.1) is 0 Å². The largest absolute Gasteiger partial charge is 0.353 e. The van der Waals surface area contributed by atoms with Crippen molar-refractivity contribution in [3.8, 4) is 0 Å². The summed E-state index contributed by atoms with van der Waals surface area (Å²) < 4.78 is 0. The molecule has 0 bridgehead atoms. The molecule has 6 nitrogen and oxygen atoms in total. The molecule has 0 aliphatic heterocycles. The first-order valence-corrected chi connectivity index (χ1v) is 13.1. The molecule has 1 aromatic carbocycles. The Morgan fingerprint density at radius 2 is 1.29 bits per heavy atom. The van der Waals surface area contributed by atoms with Crippen LogP contribution in [0.25, 0.3) is 0 Å². The average molecular weight is 493 g/mol. The molecule has 0 saturated carbocycles. The Labute approximate surface area is 212 Å². The van der Waals surface area contributed by atoms with E-state index in [2.05, 4.69) is 70.4 Å². The third-order valence-corrected chi connectivity index (χ3v) is 6.03. The highest BCUT2D eigenvalue weighted by atomic mass is 17.7. The van der Waals surface area contributed by atoms with Gasteiger partial charge in [-0.25, -0.2) is 9.59 Å². The topological polar surface area (TPSA) is 71.1 Å². The van der Waals surface area contributed by atoms with Crippen LogP contribution >= 0.6 is 0 Å². The van der Waals surface area contributed by atoms with Crippen LogP contribution < -0.4 is 0 Å². The van der Waals surface area contributed by atoms with Crippen LogP contribution in [-0.2, 0) is 29.4 Å². The number of carbonyl (C=O) groups excluding carboxylic acids is 2. The van der Waals surface area contributed by atoms with Crippen molar-refractivity contribution in [3.05, 3.63) is 35.4 Å². The molecule has 35 heavy (non-hydrogen) atoms. The summed E-state index contributed by atoms with van der Waals surface area (Å²) in [4.78, 5) is 34.2. The first-order valence-electron chi connectivity index (χ1n) is 13.1. The van der Waals surface area contributed by atoms with E-state index in [9.17, 15) is 9.59 Å². The fourth-order valence-electron chi connectivity index (χ4n) is 4.06. The molecule has 0 fully saturated rings. The third-order valence-electron chi connectivity index (χ3n) is 6.03. The fourth-order valence-corrected chi connectivity index (χ4v) is 4.06. The van der Waals surface area contributed by atoms with Crippen molar-refractivity contribution >= 4 is 11.9 Å². The Hall–Kier alpha value is -1.92. The molecule has 1 rings (SSSR count). The number of rotatable bonds is 15. The van der Waals surface area contributed by atoms with Crippen molar-refractivity contribution in [3.63, 3.8) is 0 Å². The lowest BCUT2D eigenvalue weighted by atomic mass is 9.84. The molecule has 0 aromatic heterocycles. The molecular weight excluding hydrogens is 444 g/mol. The first kappa shape index (κ1) is 31.1. The maximum atomic E-state index is 12.9. The number of hydrogen-bond donors (Lipinski definition) is 0. The molecule has 0 saturated heterocycles. The predicted molar refractivity (Wildman–Crippen MR) is 138 cm³/mol. The molecule has 1 aromatic rings. The van der Waals surface area contributed by atoms with Crippen LogP contribution in [0, 0.1) is 10.8 Å². The molecular formula is C29H48O6. The van der Waals surface area contributed by atoms with Crippen molar-refractivity contribution in [1.82, 2.24) is 0 Å². The summed E-state index contributed by atoms with van der Waals surface area (Å²) >= 11 is 0. The molecule has 0 heterocycles. The normalized spacial score (nSPS) is 13.1. The van der Waals surface area contributed by atoms with Gasteiger partial charge in [0, 0.05) is 16.5 Å². The number of unbranched alkanes of at least 4 members (excludes halogenated alkanes) is 3. The minimum Gasteiger partial charge on any atom is -0.266 e. The third kappa shape index (κ3) is 14.3. The minimum absolute atomic E-state index is 0.222. The highest BCUT2D eigenvalue weighted by Crippen LogP contribution is 2.32. The highest BCUT2D eigenvalue weighted by molar-refractivity contribution is 5.78. The van der Waals surface area contributed by atoms with E-state index in [1.54, 1.807) is 0 Å².